The lowest BCUT2D eigenvalue weighted by Crippen LogP contribution is -2.20. The van der Waals surface area contributed by atoms with Crippen LogP contribution >= 0.6 is 0 Å². The van der Waals surface area contributed by atoms with E-state index in [0.717, 1.165) is 40.8 Å². The largest absolute Gasteiger partial charge is 0.330 e. The average Bonchev–Trinajstić information content (AvgIpc) is 2.71. The minimum Gasteiger partial charge on any atom is -0.330 e. The van der Waals surface area contributed by atoms with Crippen LogP contribution < -0.4 is 5.32 Å². The van der Waals surface area contributed by atoms with E-state index in [4.69, 9.17) is 9.97 Å². The highest BCUT2D eigenvalue weighted by atomic mass is 15.3. The number of aromatic nitrogens is 3. The molecule has 0 radical (unpaired) electrons. The Morgan fingerprint density at radius 3 is 2.64 bits per heavy atom. The van der Waals surface area contributed by atoms with Crippen molar-refractivity contribution in [1.29, 1.82) is 0 Å². The van der Waals surface area contributed by atoms with Gasteiger partial charge in [-0.15, -0.1) is 0 Å². The van der Waals surface area contributed by atoms with Gasteiger partial charge in [0.25, 0.3) is 0 Å². The zero-order valence-corrected chi connectivity index (χ0v) is 13.3. The first-order valence-corrected chi connectivity index (χ1v) is 8.51. The quantitative estimate of drug-likeness (QED) is 0.878. The number of pyridine rings is 1. The molecule has 2 aromatic rings. The third kappa shape index (κ3) is 2.40. The summed E-state index contributed by atoms with van der Waals surface area (Å²) < 4.78 is 2.30. The summed E-state index contributed by atoms with van der Waals surface area (Å²) in [6, 6.07) is 4.65. The molecule has 22 heavy (non-hydrogen) atoms. The second-order valence-electron chi connectivity index (χ2n) is 6.92. The summed E-state index contributed by atoms with van der Waals surface area (Å²) in [4.78, 5) is 9.50. The topological polar surface area (TPSA) is 42.7 Å². The van der Waals surface area contributed by atoms with Crippen LogP contribution in [0.25, 0.3) is 11.2 Å². The van der Waals surface area contributed by atoms with E-state index in [1.54, 1.807) is 0 Å². The van der Waals surface area contributed by atoms with Crippen LogP contribution in [0.4, 0.5) is 5.95 Å². The normalized spacial score (nSPS) is 19.0. The second-order valence-corrected chi connectivity index (χ2v) is 6.92. The Labute approximate surface area is 131 Å². The number of imidazole rings is 1. The smallest absolute Gasteiger partial charge is 0.209 e. The molecule has 0 saturated heterocycles. The molecule has 2 aromatic heterocycles. The predicted molar refractivity (Wildman–Crippen MR) is 89.9 cm³/mol. The summed E-state index contributed by atoms with van der Waals surface area (Å²) in [6.45, 7) is 6.26. The molecule has 4 rings (SSSR count). The highest BCUT2D eigenvalue weighted by Gasteiger charge is 2.26. The number of rotatable bonds is 5. The van der Waals surface area contributed by atoms with E-state index in [1.807, 2.05) is 13.0 Å². The Bertz CT molecular complexity index is 707. The van der Waals surface area contributed by atoms with Crippen LogP contribution in [0.3, 0.4) is 0 Å². The highest BCUT2D eigenvalue weighted by molar-refractivity contribution is 5.75. The van der Waals surface area contributed by atoms with Crippen LogP contribution in [0, 0.1) is 12.8 Å². The zero-order chi connectivity index (χ0) is 15.1. The maximum absolute atomic E-state index is 4.78. The van der Waals surface area contributed by atoms with E-state index in [0.29, 0.717) is 6.04 Å². The van der Waals surface area contributed by atoms with Crippen molar-refractivity contribution in [2.24, 2.45) is 5.92 Å². The first-order chi connectivity index (χ1) is 10.7. The van der Waals surface area contributed by atoms with Gasteiger partial charge in [0.1, 0.15) is 5.52 Å². The molecule has 2 aliphatic rings. The van der Waals surface area contributed by atoms with E-state index in [-0.39, 0.29) is 0 Å². The van der Waals surface area contributed by atoms with Gasteiger partial charge >= 0.3 is 0 Å². The molecular weight excluding hydrogens is 272 g/mol. The molecule has 1 N–H and O–H groups in total. The molecule has 2 aliphatic carbocycles. The number of fused-ring (bicyclic) bond motifs is 1. The number of nitrogens with zero attached hydrogens (tertiary/aromatic N) is 3. The summed E-state index contributed by atoms with van der Waals surface area (Å²) >= 11 is 0. The third-order valence-corrected chi connectivity index (χ3v) is 5.16. The average molecular weight is 296 g/mol. The highest BCUT2D eigenvalue weighted by Crippen LogP contribution is 2.37. The van der Waals surface area contributed by atoms with Crippen molar-refractivity contribution >= 4 is 17.1 Å². The fraction of sp³-hybridized carbons (Fsp3) is 0.556. The van der Waals surface area contributed by atoms with Gasteiger partial charge in [0.05, 0.1) is 0 Å². The van der Waals surface area contributed by atoms with Crippen molar-refractivity contribution < 1.29 is 0 Å². The lowest BCUT2D eigenvalue weighted by atomic mass is 9.82. The molecule has 2 saturated carbocycles. The maximum Gasteiger partial charge on any atom is 0.209 e. The lowest BCUT2D eigenvalue weighted by molar-refractivity contribution is 0.312. The standard InChI is InChI=1S/C18H24N4/c1-12-9-10-16-17(19-12)22(15-7-4-8-15)18(21-16)20-13(2)11-14-5-3-6-14/h9-10,14-15H,2-8,11H2,1H3,(H,20,21). The number of hydrogen-bond donors (Lipinski definition) is 1. The molecule has 4 nitrogen and oxygen atoms in total. The van der Waals surface area contributed by atoms with Gasteiger partial charge in [0.2, 0.25) is 5.95 Å². The van der Waals surface area contributed by atoms with Crippen molar-refractivity contribution in [1.82, 2.24) is 14.5 Å². The Kier molecular flexibility index (Phi) is 3.40. The van der Waals surface area contributed by atoms with Crippen molar-refractivity contribution in [3.8, 4) is 0 Å². The van der Waals surface area contributed by atoms with Crippen molar-refractivity contribution in [2.45, 2.75) is 57.9 Å². The molecule has 0 amide bonds. The number of aryl methyl sites for hydroxylation is 1. The lowest BCUT2D eigenvalue weighted by Gasteiger charge is -2.30. The summed E-state index contributed by atoms with van der Waals surface area (Å²) in [6.07, 6.45) is 8.90. The summed E-state index contributed by atoms with van der Waals surface area (Å²) in [5, 5.41) is 3.49. The van der Waals surface area contributed by atoms with Gasteiger partial charge in [-0.05, 0) is 50.7 Å². The van der Waals surface area contributed by atoms with Gasteiger partial charge in [-0.25, -0.2) is 9.97 Å². The first kappa shape index (κ1) is 13.8. The minimum atomic E-state index is 0.540. The van der Waals surface area contributed by atoms with Gasteiger partial charge in [-0.3, -0.25) is 4.57 Å². The molecule has 116 valence electrons. The number of anilines is 1. The van der Waals surface area contributed by atoms with E-state index >= 15 is 0 Å². The second kappa shape index (κ2) is 5.41. The molecule has 4 heteroatoms. The summed E-state index contributed by atoms with van der Waals surface area (Å²) in [5.74, 6) is 1.75. The molecule has 2 fully saturated rings. The van der Waals surface area contributed by atoms with E-state index < -0.39 is 0 Å². The molecule has 2 heterocycles. The van der Waals surface area contributed by atoms with Gasteiger partial charge < -0.3 is 5.32 Å². The van der Waals surface area contributed by atoms with Crippen molar-refractivity contribution in [2.75, 3.05) is 5.32 Å². The summed E-state index contributed by atoms with van der Waals surface area (Å²) in [7, 11) is 0. The van der Waals surface area contributed by atoms with Gasteiger partial charge in [0, 0.05) is 17.4 Å². The van der Waals surface area contributed by atoms with E-state index in [1.165, 1.54) is 38.5 Å². The Morgan fingerprint density at radius 1 is 1.23 bits per heavy atom. The van der Waals surface area contributed by atoms with Crippen LogP contribution in [-0.2, 0) is 0 Å². The Hall–Kier alpha value is -1.84. The molecule has 0 aliphatic heterocycles. The predicted octanol–water partition coefficient (Wildman–Crippen LogP) is 4.58. The fourth-order valence-electron chi connectivity index (χ4n) is 3.40. The van der Waals surface area contributed by atoms with Crippen LogP contribution in [0.15, 0.2) is 24.4 Å². The number of nitrogens with one attached hydrogen (secondary N) is 1. The number of allylic oxidation sites excluding steroid dienone is 1. The Balaban J connectivity index is 1.64. The molecule has 0 spiro atoms. The molecule has 0 aromatic carbocycles. The Morgan fingerprint density at radius 2 is 2.00 bits per heavy atom. The molecule has 0 atom stereocenters. The van der Waals surface area contributed by atoms with Crippen LogP contribution in [-0.4, -0.2) is 14.5 Å². The fourth-order valence-corrected chi connectivity index (χ4v) is 3.40. The van der Waals surface area contributed by atoms with E-state index in [9.17, 15) is 0 Å². The zero-order valence-electron chi connectivity index (χ0n) is 13.3. The van der Waals surface area contributed by atoms with Gasteiger partial charge in [0.15, 0.2) is 5.65 Å². The van der Waals surface area contributed by atoms with Crippen LogP contribution in [0.5, 0.6) is 0 Å². The van der Waals surface area contributed by atoms with Gasteiger partial charge in [-0.2, -0.15) is 0 Å². The third-order valence-electron chi connectivity index (χ3n) is 5.16. The van der Waals surface area contributed by atoms with Crippen molar-refractivity contribution in [3.63, 3.8) is 0 Å². The molecular formula is C18H24N4. The van der Waals surface area contributed by atoms with Crippen LogP contribution in [0.2, 0.25) is 0 Å². The van der Waals surface area contributed by atoms with E-state index in [2.05, 4.69) is 22.5 Å². The minimum absolute atomic E-state index is 0.540. The van der Waals surface area contributed by atoms with Crippen molar-refractivity contribution in [3.05, 3.63) is 30.1 Å². The molecule has 0 bridgehead atoms. The summed E-state index contributed by atoms with van der Waals surface area (Å²) in [5.41, 5.74) is 4.14. The SMILES string of the molecule is C=C(CC1CCC1)Nc1nc2ccc(C)nc2n1C1CCC1. The molecule has 0 unspecified atom stereocenters. The number of hydrogen-bond acceptors (Lipinski definition) is 3. The van der Waals surface area contributed by atoms with Gasteiger partial charge in [-0.1, -0.05) is 25.8 Å². The monoisotopic (exact) mass is 296 g/mol. The maximum atomic E-state index is 4.78. The van der Waals surface area contributed by atoms with Crippen LogP contribution in [0.1, 0.15) is 56.7 Å². The first-order valence-electron chi connectivity index (χ1n) is 8.51.